The first kappa shape index (κ1) is 32.9. The molecule has 4 heterocycles. The number of benzene rings is 1. The maximum absolute atomic E-state index is 12.7. The summed E-state index contributed by atoms with van der Waals surface area (Å²) >= 11 is 0. The molecule has 46 heavy (non-hydrogen) atoms. The molecule has 1 aromatic carbocycles. The molecule has 0 spiro atoms. The summed E-state index contributed by atoms with van der Waals surface area (Å²) in [6, 6.07) is 15.7. The zero-order valence-electron chi connectivity index (χ0n) is 27.2. The molecule has 0 radical (unpaired) electrons. The number of aromatic nitrogens is 3. The Labute approximate surface area is 270 Å². The highest BCUT2D eigenvalue weighted by Crippen LogP contribution is 2.28. The molecule has 2 aliphatic rings. The topological polar surface area (TPSA) is 168 Å². The number of H-pyrrole nitrogens is 1. The Balaban J connectivity index is 1.45. The minimum Gasteiger partial charge on any atom is -0.370 e. The Bertz CT molecular complexity index is 1560. The van der Waals surface area contributed by atoms with Crippen LogP contribution >= 0.6 is 0 Å². The van der Waals surface area contributed by atoms with Crippen molar-refractivity contribution in [1.29, 1.82) is 5.26 Å². The van der Waals surface area contributed by atoms with Crippen LogP contribution < -0.4 is 16.4 Å². The molecule has 2 aromatic heterocycles. The SMILES string of the molecule is CC(CN1C(=NCc2cc(-c3ccccc3)no2)NC(NCCN2CCN(C)CC2)=C(c2cc(C(C)C)[nH]n2)C1N)C(=O)CC#N. The second-order valence-corrected chi connectivity index (χ2v) is 12.3. The van der Waals surface area contributed by atoms with Gasteiger partial charge in [-0.15, -0.1) is 0 Å². The average Bonchev–Trinajstić information content (AvgIpc) is 3.74. The van der Waals surface area contributed by atoms with Crippen LogP contribution in [0.15, 0.2) is 57.8 Å². The Kier molecular flexibility index (Phi) is 10.8. The van der Waals surface area contributed by atoms with E-state index in [4.69, 9.17) is 20.5 Å². The highest BCUT2D eigenvalue weighted by Gasteiger charge is 2.35. The number of nitrogens with two attached hydrogens (primary N) is 1. The third-order valence-corrected chi connectivity index (χ3v) is 8.52. The van der Waals surface area contributed by atoms with Crippen molar-refractivity contribution in [1.82, 2.24) is 40.7 Å². The number of guanidine groups is 1. The number of likely N-dealkylation sites (N-methyl/N-ethyl adjacent to an activating group) is 1. The van der Waals surface area contributed by atoms with Gasteiger partial charge in [0.1, 0.15) is 24.2 Å². The lowest BCUT2D eigenvalue weighted by molar-refractivity contribution is -0.121. The lowest BCUT2D eigenvalue weighted by Crippen LogP contribution is -2.59. The first-order valence-corrected chi connectivity index (χ1v) is 15.9. The van der Waals surface area contributed by atoms with Crippen LogP contribution in [-0.2, 0) is 11.3 Å². The van der Waals surface area contributed by atoms with Gasteiger partial charge in [0.2, 0.25) is 5.96 Å². The monoisotopic (exact) mass is 627 g/mol. The zero-order valence-corrected chi connectivity index (χ0v) is 27.2. The molecule has 1 fully saturated rings. The summed E-state index contributed by atoms with van der Waals surface area (Å²) in [6.07, 6.45) is -0.843. The van der Waals surface area contributed by atoms with E-state index in [9.17, 15) is 4.79 Å². The van der Waals surface area contributed by atoms with Crippen LogP contribution in [0.3, 0.4) is 0 Å². The van der Waals surface area contributed by atoms with Crippen molar-refractivity contribution >= 4 is 17.3 Å². The van der Waals surface area contributed by atoms with Crippen molar-refractivity contribution in [2.75, 3.05) is 52.9 Å². The number of nitrogens with one attached hydrogen (secondary N) is 3. The molecule has 5 N–H and O–H groups in total. The predicted molar refractivity (Wildman–Crippen MR) is 177 cm³/mol. The van der Waals surface area contributed by atoms with Gasteiger partial charge in [-0.2, -0.15) is 10.4 Å². The van der Waals surface area contributed by atoms with E-state index < -0.39 is 12.1 Å². The van der Waals surface area contributed by atoms with Gasteiger partial charge in [0, 0.05) is 69.1 Å². The van der Waals surface area contributed by atoms with Crippen molar-refractivity contribution in [2.24, 2.45) is 16.6 Å². The summed E-state index contributed by atoms with van der Waals surface area (Å²) in [7, 11) is 2.15. The Hall–Kier alpha value is -4.51. The van der Waals surface area contributed by atoms with E-state index in [0.717, 1.165) is 61.1 Å². The minimum atomic E-state index is -0.679. The van der Waals surface area contributed by atoms with Crippen LogP contribution in [0.1, 0.15) is 50.3 Å². The van der Waals surface area contributed by atoms with Gasteiger partial charge in [-0.1, -0.05) is 56.3 Å². The minimum absolute atomic E-state index is 0.153. The van der Waals surface area contributed by atoms with Crippen LogP contribution in [0.5, 0.6) is 0 Å². The number of nitriles is 1. The van der Waals surface area contributed by atoms with Crippen molar-refractivity contribution in [3.63, 3.8) is 0 Å². The van der Waals surface area contributed by atoms with Gasteiger partial charge in [0.05, 0.1) is 23.8 Å². The maximum atomic E-state index is 12.7. The third kappa shape index (κ3) is 8.00. The quantitative estimate of drug-likeness (QED) is 0.220. The van der Waals surface area contributed by atoms with Gasteiger partial charge >= 0.3 is 0 Å². The standard InChI is InChI=1S/C33H45N11O2/c1-22(2)26-19-28(40-39-26)30-31(35)44(21-23(3)29(45)10-11-34)33(38-32(30)36-12-13-43-16-14-42(4)15-17-43)37-20-25-18-27(41-46-25)24-8-6-5-7-9-24/h5-9,18-19,22-23,31,36H,10,12-17,20-21,35H2,1-4H3,(H,37,38)(H,39,40). The summed E-state index contributed by atoms with van der Waals surface area (Å²) in [6.45, 7) is 12.2. The van der Waals surface area contributed by atoms with Crippen LogP contribution in [0, 0.1) is 17.2 Å². The molecular weight excluding hydrogens is 582 g/mol. The highest BCUT2D eigenvalue weighted by atomic mass is 16.5. The predicted octanol–water partition coefficient (Wildman–Crippen LogP) is 2.56. The smallest absolute Gasteiger partial charge is 0.201 e. The molecule has 13 nitrogen and oxygen atoms in total. The number of rotatable bonds is 13. The van der Waals surface area contributed by atoms with E-state index in [1.165, 1.54) is 0 Å². The fourth-order valence-corrected chi connectivity index (χ4v) is 5.55. The highest BCUT2D eigenvalue weighted by molar-refractivity contribution is 5.91. The second kappa shape index (κ2) is 15.2. The number of hydrogen-bond acceptors (Lipinski definition) is 10. The van der Waals surface area contributed by atoms with Gasteiger partial charge in [-0.25, -0.2) is 4.99 Å². The summed E-state index contributed by atoms with van der Waals surface area (Å²) in [5.74, 6) is 1.45. The molecule has 1 saturated heterocycles. The van der Waals surface area contributed by atoms with E-state index in [1.54, 1.807) is 0 Å². The fourth-order valence-electron chi connectivity index (χ4n) is 5.55. The molecule has 0 aliphatic carbocycles. The number of carbonyl (C=O) groups excluding carboxylic acids is 1. The number of nitrogens with zero attached hydrogens (tertiary/aromatic N) is 7. The number of aliphatic imine (C=N–C) groups is 1. The van der Waals surface area contributed by atoms with Gasteiger partial charge in [0.25, 0.3) is 0 Å². The Morgan fingerprint density at radius 1 is 1.17 bits per heavy atom. The van der Waals surface area contributed by atoms with Crippen molar-refractivity contribution < 1.29 is 9.32 Å². The first-order chi connectivity index (χ1) is 22.2. The number of ketones is 1. The molecule has 2 atom stereocenters. The Morgan fingerprint density at radius 3 is 2.63 bits per heavy atom. The summed E-state index contributed by atoms with van der Waals surface area (Å²) < 4.78 is 5.63. The number of carbonyl (C=O) groups is 1. The maximum Gasteiger partial charge on any atom is 0.201 e. The van der Waals surface area contributed by atoms with Crippen molar-refractivity contribution in [3.05, 3.63) is 65.4 Å². The van der Waals surface area contributed by atoms with E-state index in [1.807, 2.05) is 60.4 Å². The number of hydrogen-bond donors (Lipinski definition) is 4. The first-order valence-electron chi connectivity index (χ1n) is 15.9. The lowest BCUT2D eigenvalue weighted by Gasteiger charge is -2.40. The van der Waals surface area contributed by atoms with Crippen molar-refractivity contribution in [2.45, 2.75) is 45.8 Å². The van der Waals surface area contributed by atoms with Gasteiger partial charge in [0.15, 0.2) is 11.5 Å². The van der Waals surface area contributed by atoms with Gasteiger partial charge in [-0.3, -0.25) is 14.8 Å². The lowest BCUT2D eigenvalue weighted by atomic mass is 10.0. The van der Waals surface area contributed by atoms with Crippen LogP contribution in [-0.4, -0.2) is 101 Å². The van der Waals surface area contributed by atoms with Crippen LogP contribution in [0.2, 0.25) is 0 Å². The van der Waals surface area contributed by atoms with Crippen LogP contribution in [0.4, 0.5) is 0 Å². The van der Waals surface area contributed by atoms with Gasteiger partial charge in [-0.05, 0) is 19.0 Å². The molecule has 0 bridgehead atoms. The molecule has 2 aliphatic heterocycles. The molecule has 3 aromatic rings. The van der Waals surface area contributed by atoms with Crippen molar-refractivity contribution in [3.8, 4) is 17.3 Å². The number of Topliss-reactive ketones (excluding diaryl/α,β-unsaturated/α-hetero) is 1. The number of aromatic amines is 1. The second-order valence-electron chi connectivity index (χ2n) is 12.3. The van der Waals surface area contributed by atoms with E-state index in [-0.39, 0.29) is 31.2 Å². The fraction of sp³-hybridized carbons (Fsp3) is 0.485. The van der Waals surface area contributed by atoms with E-state index in [2.05, 4.69) is 56.7 Å². The largest absolute Gasteiger partial charge is 0.370 e. The third-order valence-electron chi connectivity index (χ3n) is 8.52. The molecule has 5 rings (SSSR count). The zero-order chi connectivity index (χ0) is 32.6. The molecular formula is C33H45N11O2. The van der Waals surface area contributed by atoms with E-state index >= 15 is 0 Å². The molecule has 13 heteroatoms. The summed E-state index contributed by atoms with van der Waals surface area (Å²) in [5.41, 5.74) is 11.2. The number of piperazine rings is 1. The average molecular weight is 628 g/mol. The Morgan fingerprint density at radius 2 is 1.93 bits per heavy atom. The normalized spacial score (nSPS) is 19.4. The van der Waals surface area contributed by atoms with E-state index in [0.29, 0.717) is 24.0 Å². The summed E-state index contributed by atoms with van der Waals surface area (Å²) in [5, 5.41) is 28.3. The molecule has 2 unspecified atom stereocenters. The summed E-state index contributed by atoms with van der Waals surface area (Å²) in [4.78, 5) is 24.3. The molecule has 0 saturated carbocycles. The van der Waals surface area contributed by atoms with Gasteiger partial charge < -0.3 is 30.7 Å². The molecule has 244 valence electrons. The van der Waals surface area contributed by atoms with Crippen LogP contribution in [0.25, 0.3) is 16.8 Å². The molecule has 0 amide bonds.